The van der Waals surface area contributed by atoms with Crippen molar-refractivity contribution in [2.45, 2.75) is 39.7 Å². The number of aryl methyl sites for hydroxylation is 1. The molecule has 1 aliphatic rings. The lowest BCUT2D eigenvalue weighted by molar-refractivity contribution is 0.226. The second-order valence-electron chi connectivity index (χ2n) is 5.79. The number of hydrogen-bond donors (Lipinski definition) is 1. The van der Waals surface area contributed by atoms with Crippen molar-refractivity contribution in [2.75, 3.05) is 19.6 Å². The van der Waals surface area contributed by atoms with Crippen LogP contribution in [-0.4, -0.2) is 24.5 Å². The molecule has 17 heavy (non-hydrogen) atoms. The topological polar surface area (TPSA) is 29.3 Å². The molecule has 1 unspecified atom stereocenters. The summed E-state index contributed by atoms with van der Waals surface area (Å²) in [5, 5.41) is 0. The third-order valence-corrected chi connectivity index (χ3v) is 5.06. The minimum absolute atomic E-state index is 0.432. The molecular weight excluding hydrogens is 228 g/mol. The van der Waals surface area contributed by atoms with E-state index >= 15 is 0 Å². The van der Waals surface area contributed by atoms with Crippen LogP contribution in [0.3, 0.4) is 0 Å². The molecule has 0 amide bonds. The van der Waals surface area contributed by atoms with Crippen molar-refractivity contribution in [1.82, 2.24) is 4.90 Å². The minimum Gasteiger partial charge on any atom is -0.329 e. The summed E-state index contributed by atoms with van der Waals surface area (Å²) in [4.78, 5) is 5.48. The molecule has 1 aromatic heterocycles. The zero-order valence-electron chi connectivity index (χ0n) is 11.2. The van der Waals surface area contributed by atoms with Crippen molar-refractivity contribution in [2.24, 2.45) is 11.1 Å². The van der Waals surface area contributed by atoms with E-state index in [-0.39, 0.29) is 0 Å². The molecular formula is C14H24N2S. The van der Waals surface area contributed by atoms with Crippen LogP contribution in [0.1, 0.15) is 43.0 Å². The van der Waals surface area contributed by atoms with Crippen LogP contribution < -0.4 is 5.73 Å². The van der Waals surface area contributed by atoms with Crippen molar-refractivity contribution < 1.29 is 0 Å². The molecule has 0 radical (unpaired) electrons. The molecule has 2 N–H and O–H groups in total. The van der Waals surface area contributed by atoms with Gasteiger partial charge in [-0.05, 0) is 36.9 Å². The molecule has 0 spiro atoms. The fourth-order valence-corrected chi connectivity index (χ4v) is 3.73. The first kappa shape index (κ1) is 13.1. The lowest BCUT2D eigenvalue weighted by Gasteiger charge is -2.27. The second kappa shape index (κ2) is 5.09. The van der Waals surface area contributed by atoms with E-state index in [1.54, 1.807) is 0 Å². The molecule has 0 saturated carbocycles. The zero-order valence-corrected chi connectivity index (χ0v) is 12.0. The summed E-state index contributed by atoms with van der Waals surface area (Å²) >= 11 is 1.93. The van der Waals surface area contributed by atoms with Gasteiger partial charge in [0, 0.05) is 22.8 Å². The lowest BCUT2D eigenvalue weighted by atomic mass is 9.93. The van der Waals surface area contributed by atoms with Crippen LogP contribution in [0.4, 0.5) is 0 Å². The fourth-order valence-electron chi connectivity index (χ4n) is 2.63. The Balaban J connectivity index is 2.11. The highest BCUT2D eigenvalue weighted by Gasteiger charge is 2.33. The largest absolute Gasteiger partial charge is 0.329 e. The Labute approximate surface area is 109 Å². The van der Waals surface area contributed by atoms with Gasteiger partial charge in [-0.25, -0.2) is 0 Å². The van der Waals surface area contributed by atoms with Gasteiger partial charge in [0.15, 0.2) is 0 Å². The normalized spacial score (nSPS) is 21.9. The first-order valence-electron chi connectivity index (χ1n) is 6.58. The van der Waals surface area contributed by atoms with Crippen molar-refractivity contribution in [1.29, 1.82) is 0 Å². The first-order valence-corrected chi connectivity index (χ1v) is 7.40. The molecule has 2 rings (SSSR count). The SMILES string of the molecule is CCc1ccc(C(CN)N2CCC(C)(C)C2)s1. The molecule has 3 heteroatoms. The number of thiophene rings is 1. The Hall–Kier alpha value is -0.380. The number of likely N-dealkylation sites (tertiary alicyclic amines) is 1. The Morgan fingerprint density at radius 3 is 2.71 bits per heavy atom. The smallest absolute Gasteiger partial charge is 0.0564 e. The van der Waals surface area contributed by atoms with Crippen LogP contribution in [0.5, 0.6) is 0 Å². The Morgan fingerprint density at radius 1 is 1.47 bits per heavy atom. The average molecular weight is 252 g/mol. The van der Waals surface area contributed by atoms with Crippen molar-refractivity contribution in [3.63, 3.8) is 0 Å². The van der Waals surface area contributed by atoms with Gasteiger partial charge in [-0.3, -0.25) is 4.90 Å². The van der Waals surface area contributed by atoms with Crippen LogP contribution in [0.25, 0.3) is 0 Å². The lowest BCUT2D eigenvalue weighted by Crippen LogP contribution is -2.32. The predicted octanol–water partition coefficient (Wildman–Crippen LogP) is 3.04. The van der Waals surface area contributed by atoms with Crippen molar-refractivity contribution in [3.8, 4) is 0 Å². The maximum Gasteiger partial charge on any atom is 0.0564 e. The molecule has 0 aromatic carbocycles. The monoisotopic (exact) mass is 252 g/mol. The van der Waals surface area contributed by atoms with Crippen LogP contribution in [0.15, 0.2) is 12.1 Å². The number of nitrogens with zero attached hydrogens (tertiary/aromatic N) is 1. The molecule has 1 aliphatic heterocycles. The molecule has 1 atom stereocenters. The quantitative estimate of drug-likeness (QED) is 0.892. The first-order chi connectivity index (χ1) is 8.05. The highest BCUT2D eigenvalue weighted by atomic mass is 32.1. The standard InChI is InChI=1S/C14H24N2S/c1-4-11-5-6-13(17-11)12(9-15)16-8-7-14(2,3)10-16/h5-6,12H,4,7-10,15H2,1-3H3. The van der Waals surface area contributed by atoms with Crippen LogP contribution in [0, 0.1) is 5.41 Å². The summed E-state index contributed by atoms with van der Waals surface area (Å²) in [5.41, 5.74) is 6.45. The predicted molar refractivity (Wildman–Crippen MR) is 75.5 cm³/mol. The Kier molecular flexibility index (Phi) is 3.91. The molecule has 1 fully saturated rings. The van der Waals surface area contributed by atoms with Gasteiger partial charge in [-0.1, -0.05) is 20.8 Å². The van der Waals surface area contributed by atoms with E-state index in [0.717, 1.165) is 13.0 Å². The summed E-state index contributed by atoms with van der Waals surface area (Å²) in [7, 11) is 0. The highest BCUT2D eigenvalue weighted by molar-refractivity contribution is 7.12. The van der Waals surface area contributed by atoms with E-state index in [1.807, 2.05) is 11.3 Å². The third-order valence-electron chi connectivity index (χ3n) is 3.73. The minimum atomic E-state index is 0.432. The molecule has 2 heterocycles. The van der Waals surface area contributed by atoms with Crippen molar-refractivity contribution in [3.05, 3.63) is 21.9 Å². The van der Waals surface area contributed by atoms with E-state index in [2.05, 4.69) is 37.8 Å². The van der Waals surface area contributed by atoms with Crippen LogP contribution in [-0.2, 0) is 6.42 Å². The zero-order chi connectivity index (χ0) is 12.5. The third kappa shape index (κ3) is 2.90. The van der Waals surface area contributed by atoms with Crippen LogP contribution >= 0.6 is 11.3 Å². The highest BCUT2D eigenvalue weighted by Crippen LogP contribution is 2.36. The van der Waals surface area contributed by atoms with Crippen molar-refractivity contribution >= 4 is 11.3 Å². The van der Waals surface area contributed by atoms with E-state index in [0.29, 0.717) is 11.5 Å². The number of hydrogen-bond acceptors (Lipinski definition) is 3. The molecule has 1 aromatic rings. The van der Waals surface area contributed by atoms with Gasteiger partial charge in [0.25, 0.3) is 0 Å². The van der Waals surface area contributed by atoms with E-state index in [9.17, 15) is 0 Å². The Morgan fingerprint density at radius 2 is 2.24 bits per heavy atom. The summed E-state index contributed by atoms with van der Waals surface area (Å²) in [6.07, 6.45) is 2.42. The van der Waals surface area contributed by atoms with Gasteiger partial charge in [0.2, 0.25) is 0 Å². The summed E-state index contributed by atoms with van der Waals surface area (Å²) < 4.78 is 0. The van der Waals surface area contributed by atoms with Gasteiger partial charge >= 0.3 is 0 Å². The average Bonchev–Trinajstić information content (AvgIpc) is 2.87. The van der Waals surface area contributed by atoms with Gasteiger partial charge < -0.3 is 5.73 Å². The maximum absolute atomic E-state index is 5.99. The summed E-state index contributed by atoms with van der Waals surface area (Å²) in [5.74, 6) is 0. The van der Waals surface area contributed by atoms with E-state index in [1.165, 1.54) is 29.3 Å². The second-order valence-corrected chi connectivity index (χ2v) is 6.99. The summed E-state index contributed by atoms with van der Waals surface area (Å²) in [6.45, 7) is 10.0. The van der Waals surface area contributed by atoms with Gasteiger partial charge in [-0.2, -0.15) is 0 Å². The summed E-state index contributed by atoms with van der Waals surface area (Å²) in [6, 6.07) is 4.96. The fraction of sp³-hybridized carbons (Fsp3) is 0.714. The molecule has 0 aliphatic carbocycles. The molecule has 2 nitrogen and oxygen atoms in total. The maximum atomic E-state index is 5.99. The van der Waals surface area contributed by atoms with Gasteiger partial charge in [-0.15, -0.1) is 11.3 Å². The van der Waals surface area contributed by atoms with E-state index < -0.39 is 0 Å². The number of nitrogens with two attached hydrogens (primary N) is 1. The van der Waals surface area contributed by atoms with Crippen LogP contribution in [0.2, 0.25) is 0 Å². The van der Waals surface area contributed by atoms with E-state index in [4.69, 9.17) is 5.73 Å². The molecule has 1 saturated heterocycles. The number of rotatable bonds is 4. The van der Waals surface area contributed by atoms with Gasteiger partial charge in [0.1, 0.15) is 0 Å². The molecule has 96 valence electrons. The Bertz CT molecular complexity index is 370. The molecule has 0 bridgehead atoms. The van der Waals surface area contributed by atoms with Gasteiger partial charge in [0.05, 0.1) is 6.04 Å².